The van der Waals surface area contributed by atoms with E-state index in [0.717, 1.165) is 7.11 Å². The van der Waals surface area contributed by atoms with Gasteiger partial charge < -0.3 is 4.74 Å². The molecule has 0 spiro atoms. The molecule has 0 aromatic rings. The molecule has 1 atom stereocenters. The van der Waals surface area contributed by atoms with Gasteiger partial charge in [0.25, 0.3) is 6.36 Å². The number of methoxy groups -OCH3 is 1. The first-order valence-corrected chi connectivity index (χ1v) is 2.22. The van der Waals surface area contributed by atoms with E-state index in [1.807, 2.05) is 0 Å². The van der Waals surface area contributed by atoms with Crippen LogP contribution in [0.2, 0.25) is 0 Å². The highest BCUT2D eigenvalue weighted by Crippen LogP contribution is 1.88. The van der Waals surface area contributed by atoms with Crippen molar-refractivity contribution in [3.05, 3.63) is 0 Å². The van der Waals surface area contributed by atoms with Gasteiger partial charge in [-0.1, -0.05) is 0 Å². The van der Waals surface area contributed by atoms with E-state index in [2.05, 4.69) is 9.57 Å². The van der Waals surface area contributed by atoms with Crippen LogP contribution in [0.4, 0.5) is 4.39 Å². The van der Waals surface area contributed by atoms with Crippen LogP contribution in [0.25, 0.3) is 0 Å². The third-order valence-electron chi connectivity index (χ3n) is 0.616. The number of carbonyl (C=O) groups is 1. The minimum absolute atomic E-state index is 0.944. The summed E-state index contributed by atoms with van der Waals surface area (Å²) < 4.78 is 16.0. The van der Waals surface area contributed by atoms with Crippen molar-refractivity contribution in [1.82, 2.24) is 5.48 Å². The molecular weight excluding hydrogens is 129 g/mol. The molecule has 0 saturated carbocycles. The number of amides is 1. The number of rotatable bonds is 3. The molecule has 4 nitrogen and oxygen atoms in total. The fraction of sp³-hybridized carbons (Fsp3) is 0.750. The average Bonchev–Trinajstić information content (AvgIpc) is 1.87. The van der Waals surface area contributed by atoms with Gasteiger partial charge in [0.15, 0.2) is 0 Å². The van der Waals surface area contributed by atoms with Crippen LogP contribution in [0.1, 0.15) is 0 Å². The number of hydroxylamine groups is 1. The summed E-state index contributed by atoms with van der Waals surface area (Å²) in [5, 5.41) is 0. The summed E-state index contributed by atoms with van der Waals surface area (Å²) in [7, 11) is 2.29. The van der Waals surface area contributed by atoms with E-state index >= 15 is 0 Å². The average molecular weight is 137 g/mol. The maximum absolute atomic E-state index is 12.0. The van der Waals surface area contributed by atoms with Gasteiger partial charge in [-0.15, -0.1) is 0 Å². The van der Waals surface area contributed by atoms with Crippen LogP contribution < -0.4 is 5.48 Å². The van der Waals surface area contributed by atoms with E-state index in [9.17, 15) is 9.18 Å². The van der Waals surface area contributed by atoms with Gasteiger partial charge in [0.1, 0.15) is 0 Å². The molecule has 1 amide bonds. The van der Waals surface area contributed by atoms with Gasteiger partial charge in [-0.2, -0.15) is 0 Å². The molecule has 0 rings (SSSR count). The van der Waals surface area contributed by atoms with Crippen LogP contribution in [-0.4, -0.2) is 26.5 Å². The van der Waals surface area contributed by atoms with E-state index < -0.39 is 12.3 Å². The number of nitrogens with one attached hydrogen (secondary N) is 1. The van der Waals surface area contributed by atoms with Gasteiger partial charge in [-0.05, 0) is 0 Å². The summed E-state index contributed by atoms with van der Waals surface area (Å²) in [6, 6.07) is 0. The number of carbonyl (C=O) groups excluding carboxylic acids is 1. The first-order valence-electron chi connectivity index (χ1n) is 2.22. The number of halogens is 1. The Hall–Kier alpha value is -0.680. The minimum atomic E-state index is -1.95. The van der Waals surface area contributed by atoms with E-state index in [1.165, 1.54) is 7.11 Å². The van der Waals surface area contributed by atoms with E-state index in [0.29, 0.717) is 0 Å². The van der Waals surface area contributed by atoms with E-state index in [4.69, 9.17) is 0 Å². The molecule has 0 heterocycles. The van der Waals surface area contributed by atoms with Gasteiger partial charge in [-0.3, -0.25) is 9.63 Å². The van der Waals surface area contributed by atoms with Crippen LogP contribution in [0.5, 0.6) is 0 Å². The van der Waals surface area contributed by atoms with Crippen LogP contribution in [0.15, 0.2) is 0 Å². The van der Waals surface area contributed by atoms with Crippen molar-refractivity contribution in [2.24, 2.45) is 0 Å². The Kier molecular flexibility index (Phi) is 3.90. The van der Waals surface area contributed by atoms with Crippen LogP contribution in [0.3, 0.4) is 0 Å². The molecular formula is C4H8FNO3. The standard InChI is InChI=1S/C4H8FNO3/c1-8-3(5)4(7)6-9-2/h3H,1-2H3,(H,6,7). The molecule has 1 N–H and O–H groups in total. The van der Waals surface area contributed by atoms with Gasteiger partial charge in [0.05, 0.1) is 7.11 Å². The second-order valence-electron chi connectivity index (χ2n) is 1.22. The Morgan fingerprint density at radius 1 is 1.67 bits per heavy atom. The van der Waals surface area contributed by atoms with Crippen LogP contribution in [-0.2, 0) is 14.4 Å². The summed E-state index contributed by atoms with van der Waals surface area (Å²) in [6.45, 7) is 0. The molecule has 0 aromatic carbocycles. The lowest BCUT2D eigenvalue weighted by Crippen LogP contribution is -2.31. The summed E-state index contributed by atoms with van der Waals surface area (Å²) >= 11 is 0. The lowest BCUT2D eigenvalue weighted by atomic mass is 10.6. The van der Waals surface area contributed by atoms with Crippen molar-refractivity contribution in [3.8, 4) is 0 Å². The van der Waals surface area contributed by atoms with Gasteiger partial charge >= 0.3 is 5.91 Å². The van der Waals surface area contributed by atoms with Gasteiger partial charge in [-0.25, -0.2) is 9.87 Å². The zero-order valence-electron chi connectivity index (χ0n) is 5.18. The second kappa shape index (κ2) is 4.22. The molecule has 0 aliphatic rings. The highest BCUT2D eigenvalue weighted by molar-refractivity contribution is 5.78. The third kappa shape index (κ3) is 2.99. The number of alkyl halides is 1. The third-order valence-corrected chi connectivity index (χ3v) is 0.616. The Bertz CT molecular complexity index is 97.8. The Morgan fingerprint density at radius 3 is 2.56 bits per heavy atom. The van der Waals surface area contributed by atoms with Crippen molar-refractivity contribution >= 4 is 5.91 Å². The summed E-state index contributed by atoms with van der Waals surface area (Å²) in [4.78, 5) is 14.3. The molecule has 0 aliphatic carbocycles. The largest absolute Gasteiger partial charge is 0.344 e. The molecule has 1 unspecified atom stereocenters. The lowest BCUT2D eigenvalue weighted by molar-refractivity contribution is -0.152. The number of ether oxygens (including phenoxy) is 1. The Morgan fingerprint density at radius 2 is 2.22 bits per heavy atom. The Balaban J connectivity index is 3.46. The molecule has 0 aliphatic heterocycles. The SMILES string of the molecule is CONC(=O)C(F)OC. The highest BCUT2D eigenvalue weighted by atomic mass is 19.1. The summed E-state index contributed by atoms with van der Waals surface area (Å²) in [5.74, 6) is -0.944. The van der Waals surface area contributed by atoms with Crippen LogP contribution >= 0.6 is 0 Å². The first-order chi connectivity index (χ1) is 4.22. The fourth-order valence-electron chi connectivity index (χ4n) is 0.254. The normalized spacial score (nSPS) is 12.8. The molecule has 0 fully saturated rings. The predicted octanol–water partition coefficient (Wildman–Crippen LogP) is -0.394. The maximum atomic E-state index is 12.0. The second-order valence-corrected chi connectivity index (χ2v) is 1.22. The zero-order valence-corrected chi connectivity index (χ0v) is 5.18. The van der Waals surface area contributed by atoms with Crippen LogP contribution in [0, 0.1) is 0 Å². The Labute approximate surface area is 51.9 Å². The monoisotopic (exact) mass is 137 g/mol. The van der Waals surface area contributed by atoms with Crippen molar-refractivity contribution in [3.63, 3.8) is 0 Å². The van der Waals surface area contributed by atoms with Crippen molar-refractivity contribution in [2.45, 2.75) is 6.36 Å². The molecule has 0 saturated heterocycles. The molecule has 0 bridgehead atoms. The topological polar surface area (TPSA) is 47.6 Å². The van der Waals surface area contributed by atoms with Crippen molar-refractivity contribution < 1.29 is 18.8 Å². The van der Waals surface area contributed by atoms with E-state index in [1.54, 1.807) is 5.48 Å². The minimum Gasteiger partial charge on any atom is -0.344 e. The lowest BCUT2D eigenvalue weighted by Gasteiger charge is -2.03. The van der Waals surface area contributed by atoms with Gasteiger partial charge in [0.2, 0.25) is 0 Å². The molecule has 0 aromatic heterocycles. The first kappa shape index (κ1) is 8.32. The van der Waals surface area contributed by atoms with Crippen molar-refractivity contribution in [1.29, 1.82) is 0 Å². The number of hydrogen-bond donors (Lipinski definition) is 1. The van der Waals surface area contributed by atoms with E-state index in [-0.39, 0.29) is 0 Å². The quantitative estimate of drug-likeness (QED) is 0.539. The maximum Gasteiger partial charge on any atom is 0.305 e. The number of hydrogen-bond acceptors (Lipinski definition) is 3. The summed E-state index contributed by atoms with van der Waals surface area (Å²) in [5.41, 5.74) is 1.76. The molecule has 9 heavy (non-hydrogen) atoms. The zero-order chi connectivity index (χ0) is 7.28. The molecule has 5 heteroatoms. The summed E-state index contributed by atoms with van der Waals surface area (Å²) in [6.07, 6.45) is -1.95. The molecule has 54 valence electrons. The van der Waals surface area contributed by atoms with Crippen molar-refractivity contribution in [2.75, 3.05) is 14.2 Å². The highest BCUT2D eigenvalue weighted by Gasteiger charge is 2.14. The fourth-order valence-corrected chi connectivity index (χ4v) is 0.254. The smallest absolute Gasteiger partial charge is 0.305 e. The predicted molar refractivity (Wildman–Crippen MR) is 27.1 cm³/mol. The van der Waals surface area contributed by atoms with Gasteiger partial charge in [0, 0.05) is 7.11 Å². The molecule has 0 radical (unpaired) electrons.